The van der Waals surface area contributed by atoms with Gasteiger partial charge in [-0.2, -0.15) is 5.10 Å². The number of carboxylic acids is 1. The maximum atomic E-state index is 11.5. The van der Waals surface area contributed by atoms with Gasteiger partial charge in [0.25, 0.3) is 0 Å². The Labute approximate surface area is 126 Å². The molecule has 0 fully saturated rings. The minimum atomic E-state index is -0.971. The Balaban J connectivity index is 3.08. The van der Waals surface area contributed by atoms with Crippen LogP contribution >= 0.6 is 0 Å². The van der Waals surface area contributed by atoms with Crippen molar-refractivity contribution in [1.82, 2.24) is 15.1 Å². The quantitative estimate of drug-likeness (QED) is 0.802. The summed E-state index contributed by atoms with van der Waals surface area (Å²) in [6, 6.07) is 0.134. The minimum absolute atomic E-state index is 0.134. The molecule has 0 radical (unpaired) electrons. The Morgan fingerprint density at radius 1 is 1.29 bits per heavy atom. The highest BCUT2D eigenvalue weighted by molar-refractivity contribution is 5.94. The highest BCUT2D eigenvalue weighted by Crippen LogP contribution is 2.20. The van der Waals surface area contributed by atoms with Crippen LogP contribution in [0.15, 0.2) is 0 Å². The lowest BCUT2D eigenvalue weighted by Crippen LogP contribution is -2.34. The van der Waals surface area contributed by atoms with Crippen LogP contribution < -0.4 is 5.32 Å². The van der Waals surface area contributed by atoms with Crippen molar-refractivity contribution in [2.75, 3.05) is 26.0 Å². The molecule has 0 saturated carbocycles. The summed E-state index contributed by atoms with van der Waals surface area (Å²) in [5, 5.41) is 20.8. The first-order valence-corrected chi connectivity index (χ1v) is 7.20. The number of aromatic carboxylic acids is 1. The number of nitrogens with zero attached hydrogens (tertiary/aromatic N) is 3. The van der Waals surface area contributed by atoms with Crippen LogP contribution in [0.25, 0.3) is 0 Å². The van der Waals surface area contributed by atoms with Crippen LogP contribution in [0.2, 0.25) is 0 Å². The molecule has 1 rings (SSSR count). The number of rotatable bonds is 7. The first kappa shape index (κ1) is 17.4. The van der Waals surface area contributed by atoms with Crippen molar-refractivity contribution in [3.63, 3.8) is 0 Å². The van der Waals surface area contributed by atoms with Crippen LogP contribution in [0.1, 0.15) is 41.9 Å². The smallest absolute Gasteiger partial charge is 0.339 e. The second-order valence-corrected chi connectivity index (χ2v) is 6.17. The average molecular weight is 294 g/mol. The molecule has 21 heavy (non-hydrogen) atoms. The van der Waals surface area contributed by atoms with Gasteiger partial charge in [0.15, 0.2) is 5.82 Å². The van der Waals surface area contributed by atoms with E-state index < -0.39 is 5.97 Å². The van der Waals surface area contributed by atoms with Crippen molar-refractivity contribution in [1.29, 1.82) is 0 Å². The number of aryl methyl sites for hydroxylation is 1. The van der Waals surface area contributed by atoms with Crippen molar-refractivity contribution in [3.05, 3.63) is 16.8 Å². The molecule has 1 aromatic rings. The van der Waals surface area contributed by atoms with Gasteiger partial charge in [0.05, 0.1) is 5.69 Å². The summed E-state index contributed by atoms with van der Waals surface area (Å²) in [5.74, 6) is -0.102. The maximum Gasteiger partial charge on any atom is 0.339 e. The van der Waals surface area contributed by atoms with E-state index in [9.17, 15) is 9.90 Å². The summed E-state index contributed by atoms with van der Waals surface area (Å²) in [7, 11) is 4.00. The Kier molecular flexibility index (Phi) is 6.08. The van der Waals surface area contributed by atoms with Gasteiger partial charge < -0.3 is 15.3 Å². The molecule has 0 aliphatic rings. The van der Waals surface area contributed by atoms with E-state index in [2.05, 4.69) is 34.3 Å². The molecule has 0 aromatic carbocycles. The zero-order valence-electron chi connectivity index (χ0n) is 13.8. The molecule has 6 nitrogen and oxygen atoms in total. The fourth-order valence-electron chi connectivity index (χ4n) is 2.35. The molecule has 118 valence electrons. The number of hydrogen-bond donors (Lipinski definition) is 2. The third-order valence-corrected chi connectivity index (χ3v) is 3.35. The maximum absolute atomic E-state index is 11.5. The van der Waals surface area contributed by atoms with Gasteiger partial charge in [-0.15, -0.1) is 5.10 Å². The number of anilines is 1. The molecule has 0 saturated heterocycles. The standard InChI is InChI=1S/C15H26N4O2/c1-9(2)7-12(8-19(5)6)16-14-13(15(20)21)10(3)11(4)17-18-14/h9,12H,7-8H2,1-6H3,(H,16,18)(H,20,21). The first-order chi connectivity index (χ1) is 9.72. The molecule has 0 aliphatic carbocycles. The average Bonchev–Trinajstić information content (AvgIpc) is 2.31. The fraction of sp³-hybridized carbons (Fsp3) is 0.667. The largest absolute Gasteiger partial charge is 0.478 e. The molecular weight excluding hydrogens is 268 g/mol. The van der Waals surface area contributed by atoms with E-state index in [-0.39, 0.29) is 11.6 Å². The Morgan fingerprint density at radius 3 is 2.38 bits per heavy atom. The summed E-state index contributed by atoms with van der Waals surface area (Å²) in [6.07, 6.45) is 0.936. The SMILES string of the molecule is Cc1nnc(NC(CC(C)C)CN(C)C)c(C(=O)O)c1C. The zero-order chi connectivity index (χ0) is 16.2. The van der Waals surface area contributed by atoms with E-state index in [0.29, 0.717) is 23.0 Å². The van der Waals surface area contributed by atoms with Crippen molar-refractivity contribution >= 4 is 11.8 Å². The van der Waals surface area contributed by atoms with Gasteiger partial charge in [-0.25, -0.2) is 4.79 Å². The van der Waals surface area contributed by atoms with Crippen molar-refractivity contribution in [2.45, 2.75) is 40.2 Å². The molecule has 0 bridgehead atoms. The van der Waals surface area contributed by atoms with Crippen LogP contribution in [0.5, 0.6) is 0 Å². The summed E-state index contributed by atoms with van der Waals surface area (Å²) >= 11 is 0. The second kappa shape index (κ2) is 7.36. The number of likely N-dealkylation sites (N-methyl/N-ethyl adjacent to an activating group) is 1. The number of aromatic nitrogens is 2. The van der Waals surface area contributed by atoms with Crippen LogP contribution in [0, 0.1) is 19.8 Å². The summed E-state index contributed by atoms with van der Waals surface area (Å²) in [6.45, 7) is 8.64. The van der Waals surface area contributed by atoms with Crippen LogP contribution in [-0.4, -0.2) is 52.9 Å². The first-order valence-electron chi connectivity index (χ1n) is 7.20. The number of hydrogen-bond acceptors (Lipinski definition) is 5. The lowest BCUT2D eigenvalue weighted by atomic mass is 10.0. The van der Waals surface area contributed by atoms with Gasteiger partial charge in [-0.3, -0.25) is 0 Å². The lowest BCUT2D eigenvalue weighted by molar-refractivity contribution is 0.0696. The van der Waals surface area contributed by atoms with E-state index in [1.807, 2.05) is 14.1 Å². The lowest BCUT2D eigenvalue weighted by Gasteiger charge is -2.25. The predicted molar refractivity (Wildman–Crippen MR) is 83.9 cm³/mol. The summed E-state index contributed by atoms with van der Waals surface area (Å²) in [4.78, 5) is 13.6. The van der Waals surface area contributed by atoms with Crippen molar-refractivity contribution in [2.24, 2.45) is 5.92 Å². The Morgan fingerprint density at radius 2 is 1.90 bits per heavy atom. The van der Waals surface area contributed by atoms with Crippen LogP contribution in [0.3, 0.4) is 0 Å². The zero-order valence-corrected chi connectivity index (χ0v) is 13.8. The Bertz CT molecular complexity index is 491. The third kappa shape index (κ3) is 4.97. The van der Waals surface area contributed by atoms with Gasteiger partial charge >= 0.3 is 5.97 Å². The van der Waals surface area contributed by atoms with Crippen LogP contribution in [-0.2, 0) is 0 Å². The predicted octanol–water partition coefficient (Wildman–Crippen LogP) is 2.18. The van der Waals surface area contributed by atoms with Gasteiger partial charge in [0.2, 0.25) is 0 Å². The molecular formula is C15H26N4O2. The third-order valence-electron chi connectivity index (χ3n) is 3.35. The molecule has 0 amide bonds. The Hall–Kier alpha value is -1.69. The molecule has 1 unspecified atom stereocenters. The molecule has 6 heteroatoms. The number of nitrogens with one attached hydrogen (secondary N) is 1. The monoisotopic (exact) mass is 294 g/mol. The normalized spacial score (nSPS) is 12.8. The van der Waals surface area contributed by atoms with E-state index in [4.69, 9.17) is 0 Å². The van der Waals surface area contributed by atoms with Gasteiger partial charge in [0.1, 0.15) is 5.56 Å². The number of carboxylic acid groups (broad SMARTS) is 1. The highest BCUT2D eigenvalue weighted by atomic mass is 16.4. The van der Waals surface area contributed by atoms with Crippen molar-refractivity contribution in [3.8, 4) is 0 Å². The summed E-state index contributed by atoms with van der Waals surface area (Å²) < 4.78 is 0. The highest BCUT2D eigenvalue weighted by Gasteiger charge is 2.21. The molecule has 0 spiro atoms. The van der Waals surface area contributed by atoms with Gasteiger partial charge in [-0.05, 0) is 45.8 Å². The van der Waals surface area contributed by atoms with E-state index >= 15 is 0 Å². The molecule has 1 heterocycles. The van der Waals surface area contributed by atoms with E-state index in [0.717, 1.165) is 13.0 Å². The molecule has 1 atom stereocenters. The minimum Gasteiger partial charge on any atom is -0.478 e. The van der Waals surface area contributed by atoms with Gasteiger partial charge in [0, 0.05) is 12.6 Å². The number of carbonyl (C=O) groups is 1. The topological polar surface area (TPSA) is 78.4 Å². The van der Waals surface area contributed by atoms with E-state index in [1.54, 1.807) is 13.8 Å². The van der Waals surface area contributed by atoms with Gasteiger partial charge in [-0.1, -0.05) is 13.8 Å². The molecule has 0 aliphatic heterocycles. The van der Waals surface area contributed by atoms with E-state index in [1.165, 1.54) is 0 Å². The second-order valence-electron chi connectivity index (χ2n) is 6.17. The molecule has 2 N–H and O–H groups in total. The van der Waals surface area contributed by atoms with Crippen molar-refractivity contribution < 1.29 is 9.90 Å². The molecule has 1 aromatic heterocycles. The summed E-state index contributed by atoms with van der Waals surface area (Å²) in [5.41, 5.74) is 1.52. The van der Waals surface area contributed by atoms with Crippen LogP contribution in [0.4, 0.5) is 5.82 Å². The fourth-order valence-corrected chi connectivity index (χ4v) is 2.35.